The van der Waals surface area contributed by atoms with Crippen LogP contribution in [0.1, 0.15) is 88.7 Å². The smallest absolute Gasteiger partial charge is 0.414 e. The maximum absolute atomic E-state index is 12.7. The highest BCUT2D eigenvalue weighted by atomic mass is 19.4. The zero-order valence-corrected chi connectivity index (χ0v) is 22.1. The molecule has 0 spiro atoms. The summed E-state index contributed by atoms with van der Waals surface area (Å²) in [5.74, 6) is 0.767. The Bertz CT molecular complexity index is 1100. The Labute approximate surface area is 222 Å². The van der Waals surface area contributed by atoms with Crippen LogP contribution in [0.25, 0.3) is 0 Å². The number of benzene rings is 1. The molecular formula is C28H38F3N5O2. The van der Waals surface area contributed by atoms with Crippen molar-refractivity contribution in [1.82, 2.24) is 15.3 Å². The van der Waals surface area contributed by atoms with E-state index in [-0.39, 0.29) is 24.1 Å². The third kappa shape index (κ3) is 6.64. The molecule has 4 N–H and O–H groups in total. The molecule has 4 rings (SSSR count). The predicted molar refractivity (Wildman–Crippen MR) is 142 cm³/mol. The maximum atomic E-state index is 12.7. The molecule has 0 saturated heterocycles. The number of ether oxygens (including phenoxy) is 1. The summed E-state index contributed by atoms with van der Waals surface area (Å²) in [6.45, 7) is 4.88. The first-order valence-electron chi connectivity index (χ1n) is 13.6. The van der Waals surface area contributed by atoms with Crippen molar-refractivity contribution >= 4 is 17.2 Å². The van der Waals surface area contributed by atoms with Crippen LogP contribution >= 0.6 is 0 Å². The van der Waals surface area contributed by atoms with E-state index in [0.29, 0.717) is 30.1 Å². The minimum absolute atomic E-state index is 0.104. The Morgan fingerprint density at radius 3 is 2.47 bits per heavy atom. The Morgan fingerprint density at radius 2 is 1.82 bits per heavy atom. The lowest BCUT2D eigenvalue weighted by molar-refractivity contribution is -0.209. The van der Waals surface area contributed by atoms with Crippen LogP contribution in [-0.4, -0.2) is 45.3 Å². The number of aliphatic imine (C=N–C) groups is 1. The number of nitrogen functional groups attached to an aromatic ring is 1. The number of hydrogen-bond acceptors (Lipinski definition) is 7. The van der Waals surface area contributed by atoms with Gasteiger partial charge < -0.3 is 15.6 Å². The van der Waals surface area contributed by atoms with E-state index in [0.717, 1.165) is 49.8 Å². The maximum Gasteiger partial charge on any atom is 0.414 e. The van der Waals surface area contributed by atoms with Gasteiger partial charge in [-0.2, -0.15) is 18.2 Å². The molecule has 1 aromatic heterocycles. The van der Waals surface area contributed by atoms with Crippen LogP contribution in [0.2, 0.25) is 0 Å². The van der Waals surface area contributed by atoms with Crippen LogP contribution in [0.15, 0.2) is 35.6 Å². The highest BCUT2D eigenvalue weighted by molar-refractivity contribution is 6.09. The minimum atomic E-state index is -4.55. The molecular weight excluding hydrogens is 495 g/mol. The molecule has 1 saturated carbocycles. The minimum Gasteiger partial charge on any atom is -0.448 e. The summed E-state index contributed by atoms with van der Waals surface area (Å²) in [5.41, 5.74) is 8.31. The van der Waals surface area contributed by atoms with Crippen LogP contribution in [0.4, 0.5) is 24.7 Å². The summed E-state index contributed by atoms with van der Waals surface area (Å²) in [7, 11) is 0. The lowest BCUT2D eigenvalue weighted by Crippen LogP contribution is -2.56. The molecule has 2 heterocycles. The van der Waals surface area contributed by atoms with Crippen molar-refractivity contribution in [3.8, 4) is 5.88 Å². The first-order valence-corrected chi connectivity index (χ1v) is 13.6. The summed E-state index contributed by atoms with van der Waals surface area (Å²) in [6.07, 6.45) is 1.81. The lowest BCUT2D eigenvalue weighted by Gasteiger charge is -2.36. The number of fused-ring (bicyclic) bond motifs is 1. The molecule has 0 bridgehead atoms. The number of nitrogens with zero attached hydrogens (tertiary/aromatic N) is 3. The zero-order chi connectivity index (χ0) is 27.3. The monoisotopic (exact) mass is 533 g/mol. The average molecular weight is 534 g/mol. The number of aliphatic hydroxyl groups excluding tert-OH is 1. The van der Waals surface area contributed by atoms with E-state index in [1.165, 1.54) is 12.7 Å². The molecule has 1 fully saturated rings. The van der Waals surface area contributed by atoms with E-state index >= 15 is 0 Å². The fourth-order valence-electron chi connectivity index (χ4n) is 5.45. The van der Waals surface area contributed by atoms with E-state index in [2.05, 4.69) is 34.3 Å². The van der Waals surface area contributed by atoms with Gasteiger partial charge in [0.1, 0.15) is 18.1 Å². The summed E-state index contributed by atoms with van der Waals surface area (Å²) in [5, 5.41) is 12.9. The Morgan fingerprint density at radius 1 is 1.11 bits per heavy atom. The van der Waals surface area contributed by atoms with Crippen molar-refractivity contribution in [2.24, 2.45) is 10.9 Å². The summed E-state index contributed by atoms with van der Waals surface area (Å²) >= 11 is 0. The third-order valence-corrected chi connectivity index (χ3v) is 7.72. The molecule has 2 aromatic rings. The molecule has 38 heavy (non-hydrogen) atoms. The third-order valence-electron chi connectivity index (χ3n) is 7.72. The highest BCUT2D eigenvalue weighted by Crippen LogP contribution is 2.41. The number of rotatable bonds is 10. The second-order valence-corrected chi connectivity index (χ2v) is 10.6. The van der Waals surface area contributed by atoms with E-state index in [1.807, 2.05) is 19.1 Å². The lowest BCUT2D eigenvalue weighted by atomic mass is 9.76. The molecule has 1 aliphatic carbocycles. The van der Waals surface area contributed by atoms with Crippen molar-refractivity contribution < 1.29 is 23.0 Å². The fourth-order valence-corrected chi connectivity index (χ4v) is 5.45. The Kier molecular flexibility index (Phi) is 8.92. The number of anilines is 1. The quantitative estimate of drug-likeness (QED) is 0.321. The standard InChI is InChI=1S/C28H38F3N5O2/c1-3-4-5-6-15-35-27(2)24(36-23-25(32)33-17-34-26(23)38-27)21-13-11-20(12-14-21)19-9-7-18(8-10-19)16-22(37)28(29,30)31/h11-14,17-19,22,35,37H,3-10,15-16H2,1-2H3,(H2,32,33,34). The molecule has 7 nitrogen and oxygen atoms in total. The van der Waals surface area contributed by atoms with Gasteiger partial charge >= 0.3 is 6.18 Å². The SMILES string of the molecule is CCCCCCNC1(C)Oc2ncnc(N)c2N=C1c1ccc(C2CCC(CC(O)C(F)(F)F)CC2)cc1. The normalized spacial score (nSPS) is 24.3. The summed E-state index contributed by atoms with van der Waals surface area (Å²) < 4.78 is 44.5. The second-order valence-electron chi connectivity index (χ2n) is 10.6. The molecule has 208 valence electrons. The van der Waals surface area contributed by atoms with Crippen LogP contribution in [0, 0.1) is 5.92 Å². The number of nitrogens with one attached hydrogen (secondary N) is 1. The number of aliphatic hydroxyl groups is 1. The van der Waals surface area contributed by atoms with Crippen LogP contribution in [0.5, 0.6) is 5.88 Å². The molecule has 2 atom stereocenters. The number of hydrogen-bond donors (Lipinski definition) is 3. The van der Waals surface area contributed by atoms with Crippen LogP contribution < -0.4 is 15.8 Å². The number of aromatic nitrogens is 2. The van der Waals surface area contributed by atoms with Crippen molar-refractivity contribution in [3.05, 3.63) is 41.7 Å². The molecule has 2 aliphatic rings. The Hall–Kier alpha value is -2.72. The van der Waals surface area contributed by atoms with Crippen LogP contribution in [0.3, 0.4) is 0 Å². The zero-order valence-electron chi connectivity index (χ0n) is 22.1. The van der Waals surface area contributed by atoms with Crippen molar-refractivity contribution in [3.63, 3.8) is 0 Å². The van der Waals surface area contributed by atoms with Gasteiger partial charge in [-0.15, -0.1) is 0 Å². The Balaban J connectivity index is 1.48. The number of unbranched alkanes of at least 4 members (excludes halogenated alkanes) is 3. The molecule has 2 unspecified atom stereocenters. The average Bonchev–Trinajstić information content (AvgIpc) is 2.88. The molecule has 10 heteroatoms. The van der Waals surface area contributed by atoms with Crippen molar-refractivity contribution in [2.45, 2.75) is 95.6 Å². The van der Waals surface area contributed by atoms with E-state index in [4.69, 9.17) is 15.5 Å². The van der Waals surface area contributed by atoms with Gasteiger partial charge in [-0.05, 0) is 69.4 Å². The highest BCUT2D eigenvalue weighted by Gasteiger charge is 2.41. The summed E-state index contributed by atoms with van der Waals surface area (Å²) in [6, 6.07) is 8.16. The van der Waals surface area contributed by atoms with E-state index in [1.54, 1.807) is 0 Å². The van der Waals surface area contributed by atoms with E-state index < -0.39 is 18.0 Å². The van der Waals surface area contributed by atoms with Gasteiger partial charge in [0.05, 0.1) is 0 Å². The largest absolute Gasteiger partial charge is 0.448 e. The van der Waals surface area contributed by atoms with Gasteiger partial charge in [-0.3, -0.25) is 5.32 Å². The van der Waals surface area contributed by atoms with Crippen LogP contribution in [-0.2, 0) is 0 Å². The summed E-state index contributed by atoms with van der Waals surface area (Å²) in [4.78, 5) is 13.1. The topological polar surface area (TPSA) is 106 Å². The molecule has 0 radical (unpaired) electrons. The predicted octanol–water partition coefficient (Wildman–Crippen LogP) is 6.05. The molecule has 0 amide bonds. The number of nitrogens with two attached hydrogens (primary N) is 1. The second kappa shape index (κ2) is 12.0. The van der Waals surface area contributed by atoms with Gasteiger partial charge in [-0.25, -0.2) is 9.98 Å². The first-order chi connectivity index (χ1) is 18.1. The van der Waals surface area contributed by atoms with Gasteiger partial charge in [-0.1, -0.05) is 50.5 Å². The molecule has 1 aromatic carbocycles. The van der Waals surface area contributed by atoms with Crippen molar-refractivity contribution in [1.29, 1.82) is 0 Å². The van der Waals surface area contributed by atoms with Crippen molar-refractivity contribution in [2.75, 3.05) is 12.3 Å². The fraction of sp³-hybridized carbons (Fsp3) is 0.607. The van der Waals surface area contributed by atoms with Gasteiger partial charge in [0.15, 0.2) is 11.5 Å². The molecule has 1 aliphatic heterocycles. The van der Waals surface area contributed by atoms with E-state index in [9.17, 15) is 18.3 Å². The van der Waals surface area contributed by atoms with Gasteiger partial charge in [0.2, 0.25) is 11.6 Å². The van der Waals surface area contributed by atoms with Gasteiger partial charge in [0.25, 0.3) is 0 Å². The first kappa shape index (κ1) is 28.3. The number of halogens is 3. The number of alkyl halides is 3. The van der Waals surface area contributed by atoms with Gasteiger partial charge in [0, 0.05) is 5.56 Å².